The first-order valence-electron chi connectivity index (χ1n) is 12.9. The summed E-state index contributed by atoms with van der Waals surface area (Å²) in [6.07, 6.45) is -2.17. The van der Waals surface area contributed by atoms with Gasteiger partial charge in [-0.15, -0.1) is 0 Å². The maximum atomic E-state index is 13.3. The number of rotatable bonds is 6. The van der Waals surface area contributed by atoms with E-state index in [2.05, 4.69) is 31.2 Å². The fourth-order valence-corrected chi connectivity index (χ4v) is 6.98. The third kappa shape index (κ3) is 5.50. The minimum Gasteiger partial charge on any atom is -0.381 e. The van der Waals surface area contributed by atoms with E-state index in [0.717, 1.165) is 30.7 Å². The normalized spacial score (nSPS) is 21.7. The Morgan fingerprint density at radius 2 is 1.68 bits per heavy atom. The van der Waals surface area contributed by atoms with Gasteiger partial charge in [0.05, 0.1) is 21.2 Å². The van der Waals surface area contributed by atoms with E-state index in [4.69, 9.17) is 4.74 Å². The highest BCUT2D eigenvalue weighted by atomic mass is 32.2. The molecule has 1 amide bonds. The summed E-state index contributed by atoms with van der Waals surface area (Å²) in [5.41, 5.74) is 0.0747. The first-order valence-corrected chi connectivity index (χ1v) is 14.4. The van der Waals surface area contributed by atoms with Gasteiger partial charge in [0.2, 0.25) is 0 Å². The fraction of sp³-hybridized carbons (Fsp3) is 0.630. The number of nitrogens with zero attached hydrogens (tertiary/aromatic N) is 2. The van der Waals surface area contributed by atoms with Gasteiger partial charge in [0.15, 0.2) is 9.84 Å². The van der Waals surface area contributed by atoms with E-state index in [9.17, 15) is 26.4 Å². The maximum absolute atomic E-state index is 13.3. The van der Waals surface area contributed by atoms with Gasteiger partial charge in [0.1, 0.15) is 5.69 Å². The minimum absolute atomic E-state index is 0.162. The molecule has 7 nitrogen and oxygen atoms in total. The number of ether oxygens (including phenoxy) is 1. The van der Waals surface area contributed by atoms with Gasteiger partial charge in [0, 0.05) is 30.4 Å². The highest BCUT2D eigenvalue weighted by Gasteiger charge is 2.49. The van der Waals surface area contributed by atoms with E-state index in [1.807, 2.05) is 10.7 Å². The van der Waals surface area contributed by atoms with Gasteiger partial charge in [-0.25, -0.2) is 8.42 Å². The van der Waals surface area contributed by atoms with Gasteiger partial charge in [-0.3, -0.25) is 9.48 Å². The Morgan fingerprint density at radius 3 is 2.26 bits per heavy atom. The summed E-state index contributed by atoms with van der Waals surface area (Å²) in [6.45, 7) is 10.6. The SMILES string of the molecule is CC(C)(C)c1cc(C(=O)NC2CC(C(C)(C)S(=O)(=O)c3cccc(C(F)(F)F)c3)C2)nn1C1CCOCC1. The van der Waals surface area contributed by atoms with Crippen molar-refractivity contribution in [1.82, 2.24) is 15.1 Å². The second-order valence-corrected chi connectivity index (χ2v) is 14.5. The molecule has 1 aromatic carbocycles. The molecule has 0 spiro atoms. The zero-order valence-corrected chi connectivity index (χ0v) is 23.2. The smallest absolute Gasteiger partial charge is 0.381 e. The molecule has 1 saturated carbocycles. The number of halogens is 3. The standard InChI is InChI=1S/C27H36F3N3O4S/c1-25(2,3)23-16-22(32-33(23)20-9-11-37-12-10-20)24(34)31-19-13-18(14-19)26(4,5)38(35,36)21-8-6-7-17(15-21)27(28,29)30/h6-8,15-16,18-20H,9-14H2,1-5H3,(H,31,34). The number of hydrogen-bond donors (Lipinski definition) is 1. The van der Waals surface area contributed by atoms with Crippen LogP contribution in [0.1, 0.15) is 88.1 Å². The van der Waals surface area contributed by atoms with Gasteiger partial charge in [-0.1, -0.05) is 26.8 Å². The summed E-state index contributed by atoms with van der Waals surface area (Å²) in [5.74, 6) is -0.638. The van der Waals surface area contributed by atoms with E-state index in [0.29, 0.717) is 37.8 Å². The summed E-state index contributed by atoms with van der Waals surface area (Å²) >= 11 is 0. The number of benzene rings is 1. The molecule has 210 valence electrons. The van der Waals surface area contributed by atoms with Crippen molar-refractivity contribution in [3.05, 3.63) is 47.3 Å². The summed E-state index contributed by atoms with van der Waals surface area (Å²) in [6, 6.07) is 5.60. The molecule has 0 bridgehead atoms. The minimum atomic E-state index is -4.63. The van der Waals surface area contributed by atoms with Crippen molar-refractivity contribution in [3.8, 4) is 0 Å². The Hall–Kier alpha value is -2.40. The van der Waals surface area contributed by atoms with Crippen LogP contribution in [0.4, 0.5) is 13.2 Å². The monoisotopic (exact) mass is 555 g/mol. The second-order valence-electron chi connectivity index (χ2n) is 11.9. The molecule has 38 heavy (non-hydrogen) atoms. The molecule has 0 unspecified atom stereocenters. The Morgan fingerprint density at radius 1 is 1.05 bits per heavy atom. The van der Waals surface area contributed by atoms with E-state index < -0.39 is 26.3 Å². The Kier molecular flexibility index (Phi) is 7.50. The molecule has 4 rings (SSSR count). The second kappa shape index (κ2) is 9.97. The van der Waals surface area contributed by atoms with E-state index in [-0.39, 0.29) is 34.2 Å². The summed E-state index contributed by atoms with van der Waals surface area (Å²) in [4.78, 5) is 12.7. The number of amides is 1. The van der Waals surface area contributed by atoms with Crippen molar-refractivity contribution in [1.29, 1.82) is 0 Å². The first kappa shape index (κ1) is 28.6. The largest absolute Gasteiger partial charge is 0.416 e. The zero-order valence-electron chi connectivity index (χ0n) is 22.4. The molecule has 2 aromatic rings. The molecule has 1 aliphatic heterocycles. The van der Waals surface area contributed by atoms with Crippen LogP contribution in [0.5, 0.6) is 0 Å². The van der Waals surface area contributed by atoms with E-state index >= 15 is 0 Å². The van der Waals surface area contributed by atoms with Crippen LogP contribution in [0, 0.1) is 5.92 Å². The number of sulfone groups is 1. The average molecular weight is 556 g/mol. The fourth-order valence-electron chi connectivity index (χ4n) is 5.20. The van der Waals surface area contributed by atoms with E-state index in [1.54, 1.807) is 0 Å². The van der Waals surface area contributed by atoms with Crippen LogP contribution in [0.25, 0.3) is 0 Å². The quantitative estimate of drug-likeness (QED) is 0.522. The van der Waals surface area contributed by atoms with Gasteiger partial charge in [0.25, 0.3) is 5.91 Å². The highest BCUT2D eigenvalue weighted by Crippen LogP contribution is 2.44. The Bertz CT molecular complexity index is 1280. The van der Waals surface area contributed by atoms with Gasteiger partial charge < -0.3 is 10.1 Å². The summed E-state index contributed by atoms with van der Waals surface area (Å²) in [5, 5.41) is 7.61. The summed E-state index contributed by atoms with van der Waals surface area (Å²) < 4.78 is 72.2. The molecule has 1 aromatic heterocycles. The number of carbonyl (C=O) groups excluding carboxylic acids is 1. The number of carbonyl (C=O) groups is 1. The van der Waals surface area contributed by atoms with Crippen molar-refractivity contribution in [2.75, 3.05) is 13.2 Å². The van der Waals surface area contributed by atoms with Crippen LogP contribution in [0.15, 0.2) is 35.2 Å². The predicted octanol–water partition coefficient (Wildman–Crippen LogP) is 5.31. The first-order chi connectivity index (χ1) is 17.5. The molecule has 2 aliphatic rings. The Labute approximate surface area is 222 Å². The molecule has 11 heteroatoms. The lowest BCUT2D eigenvalue weighted by molar-refractivity contribution is -0.137. The van der Waals surface area contributed by atoms with Gasteiger partial charge in [-0.05, 0) is 69.7 Å². The molecule has 0 radical (unpaired) electrons. The van der Waals surface area contributed by atoms with Gasteiger partial charge in [-0.2, -0.15) is 18.3 Å². The molecule has 0 atom stereocenters. The third-order valence-electron chi connectivity index (χ3n) is 7.89. The zero-order chi connectivity index (χ0) is 28.1. The predicted molar refractivity (Wildman–Crippen MR) is 137 cm³/mol. The van der Waals surface area contributed by atoms with Crippen LogP contribution in [-0.2, 0) is 26.2 Å². The Balaban J connectivity index is 1.45. The average Bonchev–Trinajstić information content (AvgIpc) is 3.27. The van der Waals surface area contributed by atoms with Crippen molar-refractivity contribution < 1.29 is 31.1 Å². The van der Waals surface area contributed by atoms with Gasteiger partial charge >= 0.3 is 6.18 Å². The molecule has 1 aliphatic carbocycles. The molecular weight excluding hydrogens is 519 g/mol. The van der Waals surface area contributed by atoms with Crippen molar-refractivity contribution in [3.63, 3.8) is 0 Å². The number of hydrogen-bond acceptors (Lipinski definition) is 5. The van der Waals surface area contributed by atoms with Crippen molar-refractivity contribution >= 4 is 15.7 Å². The molecule has 1 saturated heterocycles. The lowest BCUT2D eigenvalue weighted by Gasteiger charge is -2.44. The molecule has 2 heterocycles. The molecular formula is C27H36F3N3O4S. The van der Waals surface area contributed by atoms with Crippen molar-refractivity contribution in [2.45, 2.75) is 93.6 Å². The van der Waals surface area contributed by atoms with E-state index in [1.165, 1.54) is 19.9 Å². The maximum Gasteiger partial charge on any atom is 0.416 e. The topological polar surface area (TPSA) is 90.3 Å². The van der Waals surface area contributed by atoms with Crippen molar-refractivity contribution in [2.24, 2.45) is 5.92 Å². The van der Waals surface area contributed by atoms with Crippen LogP contribution >= 0.6 is 0 Å². The third-order valence-corrected chi connectivity index (χ3v) is 10.5. The van der Waals surface area contributed by atoms with Crippen LogP contribution < -0.4 is 5.32 Å². The molecule has 1 N–H and O–H groups in total. The number of alkyl halides is 3. The lowest BCUT2D eigenvalue weighted by atomic mass is 9.73. The van der Waals surface area contributed by atoms with Crippen LogP contribution in [0.2, 0.25) is 0 Å². The van der Waals surface area contributed by atoms with Crippen LogP contribution in [-0.4, -0.2) is 48.1 Å². The summed E-state index contributed by atoms with van der Waals surface area (Å²) in [7, 11) is -4.06. The lowest BCUT2D eigenvalue weighted by Crippen LogP contribution is -2.53. The highest BCUT2D eigenvalue weighted by molar-refractivity contribution is 7.92. The number of nitrogens with one attached hydrogen (secondary N) is 1. The molecule has 2 fully saturated rings. The number of aromatic nitrogens is 2. The van der Waals surface area contributed by atoms with Crippen LogP contribution in [0.3, 0.4) is 0 Å².